The molecule has 43 heavy (non-hydrogen) atoms. The number of carbonyl (C=O) groups excluding carboxylic acids is 3. The predicted octanol–water partition coefficient (Wildman–Crippen LogP) is 4.18. The predicted molar refractivity (Wildman–Crippen MR) is 146 cm³/mol. The van der Waals surface area contributed by atoms with Gasteiger partial charge in [0.25, 0.3) is 5.91 Å². The smallest absolute Gasteiger partial charge is 0.419 e. The van der Waals surface area contributed by atoms with Crippen LogP contribution in [0.2, 0.25) is 0 Å². The fourth-order valence-corrected chi connectivity index (χ4v) is 4.89. The minimum atomic E-state index is -5.06. The van der Waals surface area contributed by atoms with Crippen molar-refractivity contribution < 1.29 is 50.2 Å². The van der Waals surface area contributed by atoms with Gasteiger partial charge in [-0.15, -0.1) is 0 Å². The number of carbonyl (C=O) groups is 3. The Balaban J connectivity index is 1.61. The van der Waals surface area contributed by atoms with E-state index in [0.29, 0.717) is 28.3 Å². The Morgan fingerprint density at radius 2 is 1.65 bits per heavy atom. The number of ether oxygens (including phenoxy) is 1. The molecule has 1 fully saturated rings. The zero-order chi connectivity index (χ0) is 31.9. The van der Waals surface area contributed by atoms with Gasteiger partial charge in [0.2, 0.25) is 0 Å². The zero-order valence-corrected chi connectivity index (χ0v) is 23.8. The number of amides is 5. The molecule has 0 radical (unpaired) electrons. The third-order valence-electron chi connectivity index (χ3n) is 6.70. The first-order valence-corrected chi connectivity index (χ1v) is 14.0. The van der Waals surface area contributed by atoms with Gasteiger partial charge in [-0.05, 0) is 67.9 Å². The largest absolute Gasteiger partial charge is 0.497 e. The summed E-state index contributed by atoms with van der Waals surface area (Å²) in [5.41, 5.74) is -2.87. The van der Waals surface area contributed by atoms with Crippen LogP contribution in [0.25, 0.3) is 0 Å². The molecule has 0 aromatic heterocycles. The molecule has 5 N–H and O–H groups in total. The van der Waals surface area contributed by atoms with Gasteiger partial charge in [0.1, 0.15) is 22.0 Å². The Kier molecular flexibility index (Phi) is 8.12. The lowest BCUT2D eigenvalue weighted by Gasteiger charge is -2.28. The molecule has 1 heterocycles. The number of nitrogens with zero attached hydrogens (tertiary/aromatic N) is 2. The van der Waals surface area contributed by atoms with Crippen molar-refractivity contribution in [1.82, 2.24) is 4.90 Å². The number of halogens is 4. The van der Waals surface area contributed by atoms with Crippen LogP contribution in [-0.2, 0) is 27.5 Å². The summed E-state index contributed by atoms with van der Waals surface area (Å²) in [4.78, 5) is 41.2. The van der Waals surface area contributed by atoms with Gasteiger partial charge in [-0.2, -0.15) is 21.6 Å². The highest BCUT2D eigenvalue weighted by atomic mass is 32.2. The topological polar surface area (TPSA) is 153 Å². The van der Waals surface area contributed by atoms with E-state index in [4.69, 9.17) is 4.74 Å². The summed E-state index contributed by atoms with van der Waals surface area (Å²) >= 11 is 0. The molecule has 4 rings (SSSR count). The van der Waals surface area contributed by atoms with Crippen molar-refractivity contribution in [3.05, 3.63) is 77.6 Å². The van der Waals surface area contributed by atoms with Crippen LogP contribution >= 0.6 is 0 Å². The molecule has 3 aromatic rings. The van der Waals surface area contributed by atoms with Crippen LogP contribution in [0, 0.1) is 5.82 Å². The summed E-state index contributed by atoms with van der Waals surface area (Å²) in [5, 5.41) is 8.22. The number of quaternary nitrogens is 1. The number of hydrogen-bond donors (Lipinski definition) is 3. The number of alkyl halides is 3. The molecule has 228 valence electrons. The molecule has 1 aliphatic heterocycles. The van der Waals surface area contributed by atoms with E-state index < -0.39 is 56.8 Å². The van der Waals surface area contributed by atoms with E-state index in [1.165, 1.54) is 57.4 Å². The number of hydrogen-bond acceptors (Lipinski definition) is 6. The van der Waals surface area contributed by atoms with Crippen LogP contribution in [-0.4, -0.2) is 43.9 Å². The summed E-state index contributed by atoms with van der Waals surface area (Å²) in [7, 11) is -2.30. The van der Waals surface area contributed by atoms with Gasteiger partial charge in [0.05, 0.1) is 30.6 Å². The number of nitrogens with one attached hydrogen (secondary N) is 2. The second-order valence-electron chi connectivity index (χ2n) is 9.97. The number of imide groups is 1. The van der Waals surface area contributed by atoms with Gasteiger partial charge < -0.3 is 20.3 Å². The van der Waals surface area contributed by atoms with Crippen molar-refractivity contribution in [1.29, 1.82) is 0 Å². The summed E-state index contributed by atoms with van der Waals surface area (Å²) in [6.45, 7) is 2.54. The van der Waals surface area contributed by atoms with Crippen LogP contribution < -0.4 is 25.4 Å². The van der Waals surface area contributed by atoms with Crippen LogP contribution in [0.1, 0.15) is 25.0 Å². The van der Waals surface area contributed by atoms with E-state index in [1.807, 2.05) is 0 Å². The molecule has 0 saturated carbocycles. The quantitative estimate of drug-likeness (QED) is 0.265. The van der Waals surface area contributed by atoms with Crippen LogP contribution in [0.4, 0.5) is 44.2 Å². The Morgan fingerprint density at radius 3 is 2.23 bits per heavy atom. The molecule has 1 saturated heterocycles. The van der Waals surface area contributed by atoms with Gasteiger partial charge in [0.15, 0.2) is 0 Å². The molecule has 0 aliphatic carbocycles. The Hall–Kier alpha value is -4.70. The van der Waals surface area contributed by atoms with Crippen molar-refractivity contribution >= 4 is 45.1 Å². The first-order valence-electron chi connectivity index (χ1n) is 12.4. The van der Waals surface area contributed by atoms with Crippen LogP contribution in [0.15, 0.2) is 65.6 Å². The lowest BCUT2D eigenvalue weighted by Crippen LogP contribution is -2.56. The lowest BCUT2D eigenvalue weighted by atomic mass is 10.0. The van der Waals surface area contributed by atoms with Gasteiger partial charge in [-0.3, -0.25) is 4.79 Å². The van der Waals surface area contributed by atoms with Crippen molar-refractivity contribution in [2.45, 2.75) is 37.0 Å². The second kappa shape index (κ2) is 11.2. The van der Waals surface area contributed by atoms with Crippen molar-refractivity contribution in [3.63, 3.8) is 0 Å². The molecule has 16 heteroatoms. The van der Waals surface area contributed by atoms with Gasteiger partial charge in [-0.1, -0.05) is 6.07 Å². The zero-order valence-electron chi connectivity index (χ0n) is 23.0. The molecule has 0 unspecified atom stereocenters. The number of urea groups is 2. The lowest BCUT2D eigenvalue weighted by molar-refractivity contribution is -0.165. The maximum Gasteiger partial charge on any atom is 0.419 e. The maximum atomic E-state index is 13.9. The number of anilines is 3. The normalized spacial score (nSPS) is 15.1. The molecule has 5 amide bonds. The summed E-state index contributed by atoms with van der Waals surface area (Å²) < 4.78 is 82.2. The average molecular weight is 625 g/mol. The second-order valence-corrected chi connectivity index (χ2v) is 11.7. The average Bonchev–Trinajstić information content (AvgIpc) is 3.08. The SMILES string of the molecule is COc1ccc(CN2C(=O)N(c3ccc(F)c(C(F)(F)F)c3)C(=O)C2(C)C)c(NC(=O)Nc2ccc(S([NH3+])(=O)=O)cc2)c1. The first kappa shape index (κ1) is 31.2. The number of benzene rings is 3. The Bertz CT molecular complexity index is 1710. The minimum Gasteiger partial charge on any atom is -0.497 e. The van der Waals surface area contributed by atoms with Gasteiger partial charge in [-0.25, -0.2) is 24.0 Å². The van der Waals surface area contributed by atoms with Gasteiger partial charge in [0, 0.05) is 11.8 Å². The summed E-state index contributed by atoms with van der Waals surface area (Å²) in [6, 6.07) is 9.90. The highest BCUT2D eigenvalue weighted by Gasteiger charge is 2.52. The maximum absolute atomic E-state index is 13.9. The van der Waals surface area contributed by atoms with E-state index in [2.05, 4.69) is 15.8 Å². The van der Waals surface area contributed by atoms with E-state index in [9.17, 15) is 40.4 Å². The molecule has 0 bridgehead atoms. The monoisotopic (exact) mass is 624 g/mol. The van der Waals surface area contributed by atoms with Crippen LogP contribution in [0.3, 0.4) is 0 Å². The van der Waals surface area contributed by atoms with E-state index in [0.717, 1.165) is 11.0 Å². The fraction of sp³-hybridized carbons (Fsp3) is 0.222. The van der Waals surface area contributed by atoms with Crippen molar-refractivity contribution in [3.8, 4) is 5.75 Å². The first-order chi connectivity index (χ1) is 19.9. The molecule has 11 nitrogen and oxygen atoms in total. The third-order valence-corrected chi connectivity index (χ3v) is 7.69. The Morgan fingerprint density at radius 1 is 1.00 bits per heavy atom. The minimum absolute atomic E-state index is 0.0507. The standard InChI is InChI=1S/C27H25F4N5O6S/c1-26(2)23(37)36(17-7-11-21(28)20(12-17)27(29,30)31)25(39)35(26)14-15-4-8-18(42-3)13-22(15)34-24(38)33-16-5-9-19(10-6-16)43(32,40)41/h4-13H,14H2,1-3H3,(H2,32,40,41)(H2,33,34,38)/p+1. The third kappa shape index (κ3) is 6.39. The molecular formula is C27H26F4N5O6S+. The Labute approximate surface area is 243 Å². The van der Waals surface area contributed by atoms with Crippen LogP contribution in [0.5, 0.6) is 5.75 Å². The van der Waals surface area contributed by atoms with Crippen molar-refractivity contribution in [2.75, 3.05) is 22.6 Å². The molecule has 3 aromatic carbocycles. The van der Waals surface area contributed by atoms with E-state index >= 15 is 0 Å². The highest BCUT2D eigenvalue weighted by molar-refractivity contribution is 7.84. The molecule has 1 aliphatic rings. The molecular weight excluding hydrogens is 598 g/mol. The number of methoxy groups -OCH3 is 1. The van der Waals surface area contributed by atoms with E-state index in [-0.39, 0.29) is 22.8 Å². The molecule has 0 atom stereocenters. The fourth-order valence-electron chi connectivity index (χ4n) is 4.34. The summed E-state index contributed by atoms with van der Waals surface area (Å²) in [6.07, 6.45) is -5.06. The highest BCUT2D eigenvalue weighted by Crippen LogP contribution is 2.38. The van der Waals surface area contributed by atoms with Crippen molar-refractivity contribution in [2.24, 2.45) is 0 Å². The number of sulfonamides is 1. The molecule has 0 spiro atoms. The summed E-state index contributed by atoms with van der Waals surface area (Å²) in [5.74, 6) is -2.06. The van der Waals surface area contributed by atoms with E-state index in [1.54, 1.807) is 6.07 Å². The number of rotatable bonds is 7. The van der Waals surface area contributed by atoms with Gasteiger partial charge >= 0.3 is 28.3 Å².